The van der Waals surface area contributed by atoms with Crippen LogP contribution < -0.4 is 4.74 Å². The highest BCUT2D eigenvalue weighted by Gasteiger charge is 2.21. The molecule has 1 aromatic heterocycles. The Bertz CT molecular complexity index is 585. The Hall–Kier alpha value is -2.01. The topological polar surface area (TPSA) is 68.9 Å². The van der Waals surface area contributed by atoms with Crippen molar-refractivity contribution in [1.29, 1.82) is 0 Å². The average molecular weight is 264 g/mol. The highest BCUT2D eigenvalue weighted by molar-refractivity contribution is 5.96. The first-order valence-electron chi connectivity index (χ1n) is 6.08. The van der Waals surface area contributed by atoms with Crippen LogP contribution in [0.25, 0.3) is 11.0 Å². The first-order valence-corrected chi connectivity index (χ1v) is 6.08. The molecule has 0 aliphatic heterocycles. The summed E-state index contributed by atoms with van der Waals surface area (Å²) < 4.78 is 16.0. The maximum absolute atomic E-state index is 11.2. The molecule has 1 N–H and O–H groups in total. The first kappa shape index (κ1) is 13.4. The van der Waals surface area contributed by atoms with Crippen molar-refractivity contribution in [3.63, 3.8) is 0 Å². The van der Waals surface area contributed by atoms with E-state index in [0.29, 0.717) is 28.9 Å². The van der Waals surface area contributed by atoms with E-state index in [-0.39, 0.29) is 12.4 Å². The van der Waals surface area contributed by atoms with E-state index < -0.39 is 5.97 Å². The number of rotatable bonds is 6. The molecule has 0 fully saturated rings. The van der Waals surface area contributed by atoms with Crippen molar-refractivity contribution in [3.05, 3.63) is 29.5 Å². The highest BCUT2D eigenvalue weighted by atomic mass is 16.5. The Morgan fingerprint density at radius 3 is 2.84 bits per heavy atom. The number of benzene rings is 1. The number of furan rings is 1. The molecular weight excluding hydrogens is 248 g/mol. The van der Waals surface area contributed by atoms with Crippen LogP contribution in [0.4, 0.5) is 0 Å². The molecule has 1 heterocycles. The Labute approximate surface area is 110 Å². The van der Waals surface area contributed by atoms with Crippen molar-refractivity contribution in [1.82, 2.24) is 0 Å². The molecule has 102 valence electrons. The van der Waals surface area contributed by atoms with Gasteiger partial charge in [-0.2, -0.15) is 0 Å². The maximum atomic E-state index is 11.2. The molecule has 0 saturated carbocycles. The zero-order chi connectivity index (χ0) is 13.8. The molecule has 0 unspecified atom stereocenters. The first-order chi connectivity index (χ1) is 9.19. The van der Waals surface area contributed by atoms with Gasteiger partial charge >= 0.3 is 5.97 Å². The van der Waals surface area contributed by atoms with Crippen LogP contribution in [0.15, 0.2) is 22.6 Å². The molecule has 2 rings (SSSR count). The third-order valence-corrected chi connectivity index (χ3v) is 2.73. The van der Waals surface area contributed by atoms with Gasteiger partial charge in [0.05, 0.1) is 13.2 Å². The van der Waals surface area contributed by atoms with Crippen LogP contribution in [0.5, 0.6) is 5.75 Å². The summed E-state index contributed by atoms with van der Waals surface area (Å²) in [5.74, 6) is -0.640. The van der Waals surface area contributed by atoms with Gasteiger partial charge < -0.3 is 19.0 Å². The Balaban J connectivity index is 2.57. The molecular formula is C14H16O5. The van der Waals surface area contributed by atoms with Gasteiger partial charge in [0.25, 0.3) is 0 Å². The molecule has 0 spiro atoms. The lowest BCUT2D eigenvalue weighted by molar-refractivity contribution is 0.0658. The van der Waals surface area contributed by atoms with Gasteiger partial charge in [-0.25, -0.2) is 4.79 Å². The minimum atomic E-state index is -1.11. The monoisotopic (exact) mass is 264 g/mol. The fourth-order valence-electron chi connectivity index (χ4n) is 1.93. The molecule has 0 atom stereocenters. The van der Waals surface area contributed by atoms with E-state index >= 15 is 0 Å². The van der Waals surface area contributed by atoms with E-state index in [2.05, 4.69) is 0 Å². The van der Waals surface area contributed by atoms with Gasteiger partial charge in [0.2, 0.25) is 5.76 Å². The number of carbonyl (C=O) groups is 1. The van der Waals surface area contributed by atoms with Crippen LogP contribution in [0.2, 0.25) is 0 Å². The van der Waals surface area contributed by atoms with Crippen molar-refractivity contribution in [2.24, 2.45) is 0 Å². The zero-order valence-corrected chi connectivity index (χ0v) is 10.9. The summed E-state index contributed by atoms with van der Waals surface area (Å²) >= 11 is 0. The van der Waals surface area contributed by atoms with Crippen molar-refractivity contribution >= 4 is 16.9 Å². The second-order valence-electron chi connectivity index (χ2n) is 4.13. The van der Waals surface area contributed by atoms with Gasteiger partial charge in [-0.05, 0) is 12.5 Å². The molecule has 5 heteroatoms. The summed E-state index contributed by atoms with van der Waals surface area (Å²) in [4.78, 5) is 11.2. The van der Waals surface area contributed by atoms with E-state index in [1.54, 1.807) is 12.1 Å². The normalized spacial score (nSPS) is 10.8. The summed E-state index contributed by atoms with van der Waals surface area (Å²) in [5.41, 5.74) is 0.993. The van der Waals surface area contributed by atoms with Crippen molar-refractivity contribution in [3.8, 4) is 5.75 Å². The summed E-state index contributed by atoms with van der Waals surface area (Å²) in [6.07, 6.45) is 0.869. The zero-order valence-electron chi connectivity index (χ0n) is 10.9. The molecule has 0 aliphatic carbocycles. The van der Waals surface area contributed by atoms with Crippen LogP contribution in [-0.2, 0) is 11.3 Å². The Morgan fingerprint density at radius 1 is 1.42 bits per heavy atom. The molecule has 0 radical (unpaired) electrons. The largest absolute Gasteiger partial charge is 0.490 e. The standard InChI is InChI=1S/C14H16O5/c1-3-7-18-11-6-4-5-9-10(8-17-2)13(14(15)16)19-12(9)11/h4-6H,3,7-8H2,1-2H3,(H,15,16). The van der Waals surface area contributed by atoms with Gasteiger partial charge in [-0.3, -0.25) is 0 Å². The number of para-hydroxylation sites is 1. The number of hydrogen-bond donors (Lipinski definition) is 1. The van der Waals surface area contributed by atoms with Crippen LogP contribution in [0, 0.1) is 0 Å². The molecule has 2 aromatic rings. The maximum Gasteiger partial charge on any atom is 0.372 e. The number of hydrogen-bond acceptors (Lipinski definition) is 4. The third kappa shape index (κ3) is 2.56. The molecule has 0 bridgehead atoms. The van der Waals surface area contributed by atoms with Gasteiger partial charge in [0.1, 0.15) is 0 Å². The predicted octanol–water partition coefficient (Wildman–Crippen LogP) is 3.07. The van der Waals surface area contributed by atoms with Crippen molar-refractivity contribution in [2.45, 2.75) is 20.0 Å². The lowest BCUT2D eigenvalue weighted by atomic mass is 10.1. The van der Waals surface area contributed by atoms with E-state index in [9.17, 15) is 9.90 Å². The summed E-state index contributed by atoms with van der Waals surface area (Å²) in [6.45, 7) is 2.75. The summed E-state index contributed by atoms with van der Waals surface area (Å²) in [5, 5.41) is 9.89. The predicted molar refractivity (Wildman–Crippen MR) is 69.7 cm³/mol. The number of ether oxygens (including phenoxy) is 2. The van der Waals surface area contributed by atoms with Gasteiger partial charge in [-0.15, -0.1) is 0 Å². The third-order valence-electron chi connectivity index (χ3n) is 2.73. The summed E-state index contributed by atoms with van der Waals surface area (Å²) in [7, 11) is 1.52. The van der Waals surface area contributed by atoms with Crippen LogP contribution in [-0.4, -0.2) is 24.8 Å². The lowest BCUT2D eigenvalue weighted by Gasteiger charge is -2.04. The van der Waals surface area contributed by atoms with E-state index in [1.807, 2.05) is 13.0 Å². The average Bonchev–Trinajstić information content (AvgIpc) is 2.77. The van der Waals surface area contributed by atoms with Gasteiger partial charge in [0, 0.05) is 18.1 Å². The molecule has 5 nitrogen and oxygen atoms in total. The van der Waals surface area contributed by atoms with E-state index in [4.69, 9.17) is 13.9 Å². The lowest BCUT2D eigenvalue weighted by Crippen LogP contribution is -1.99. The number of methoxy groups -OCH3 is 1. The number of carboxylic acids is 1. The number of fused-ring (bicyclic) bond motifs is 1. The smallest absolute Gasteiger partial charge is 0.372 e. The molecule has 0 saturated heterocycles. The Kier molecular flexibility index (Phi) is 4.06. The molecule has 0 amide bonds. The minimum Gasteiger partial charge on any atom is -0.490 e. The van der Waals surface area contributed by atoms with Crippen molar-refractivity contribution in [2.75, 3.05) is 13.7 Å². The van der Waals surface area contributed by atoms with Crippen LogP contribution in [0.3, 0.4) is 0 Å². The summed E-state index contributed by atoms with van der Waals surface area (Å²) in [6, 6.07) is 5.38. The second kappa shape index (κ2) is 5.75. The van der Waals surface area contributed by atoms with Gasteiger partial charge in [0.15, 0.2) is 11.3 Å². The van der Waals surface area contributed by atoms with Crippen LogP contribution >= 0.6 is 0 Å². The van der Waals surface area contributed by atoms with Gasteiger partial charge in [-0.1, -0.05) is 19.1 Å². The molecule has 1 aromatic carbocycles. The van der Waals surface area contributed by atoms with E-state index in [1.165, 1.54) is 7.11 Å². The Morgan fingerprint density at radius 2 is 2.21 bits per heavy atom. The SMILES string of the molecule is CCCOc1cccc2c(COC)c(C(=O)O)oc12. The van der Waals surface area contributed by atoms with Crippen LogP contribution in [0.1, 0.15) is 29.5 Å². The number of carboxylic acid groups (broad SMARTS) is 1. The fourth-order valence-corrected chi connectivity index (χ4v) is 1.93. The number of aromatic carboxylic acids is 1. The fraction of sp³-hybridized carbons (Fsp3) is 0.357. The quantitative estimate of drug-likeness (QED) is 0.868. The second-order valence-corrected chi connectivity index (χ2v) is 4.13. The van der Waals surface area contributed by atoms with Crippen molar-refractivity contribution < 1.29 is 23.8 Å². The van der Waals surface area contributed by atoms with E-state index in [0.717, 1.165) is 6.42 Å². The minimum absolute atomic E-state index is 0.0931. The molecule has 0 aliphatic rings. The highest BCUT2D eigenvalue weighted by Crippen LogP contribution is 2.33. The molecule has 19 heavy (non-hydrogen) atoms.